The lowest BCUT2D eigenvalue weighted by atomic mass is 10.8. The van der Waals surface area contributed by atoms with Crippen LogP contribution in [0.25, 0.3) is 0 Å². The largest absolute Gasteiger partial charge is 0.269 e. The molecule has 0 atom stereocenters. The summed E-state index contributed by atoms with van der Waals surface area (Å²) in [5.74, 6) is 0. The van der Waals surface area contributed by atoms with Gasteiger partial charge in [0, 0.05) is 0 Å². The van der Waals surface area contributed by atoms with Crippen molar-refractivity contribution in [2.24, 2.45) is 0 Å². The summed E-state index contributed by atoms with van der Waals surface area (Å²) in [6.45, 7) is 1.95. The van der Waals surface area contributed by atoms with Gasteiger partial charge >= 0.3 is 0 Å². The predicted octanol–water partition coefficient (Wildman–Crippen LogP) is 2.07. The number of hydrogen-bond donors (Lipinski definition) is 0. The third kappa shape index (κ3) is 14.5. The van der Waals surface area contributed by atoms with Gasteiger partial charge in [0.25, 0.3) is 0 Å². The smallest absolute Gasteiger partial charge is 0.0232 e. The van der Waals surface area contributed by atoms with Crippen molar-refractivity contribution >= 4 is 15.9 Å². The molecule has 5 heavy (non-hydrogen) atoms. The number of hydrogen-bond acceptors (Lipinski definition) is 0. The summed E-state index contributed by atoms with van der Waals surface area (Å²) >= 11 is 3.07. The third-order valence-electron chi connectivity index (χ3n) is 0.126. The summed E-state index contributed by atoms with van der Waals surface area (Å²) in [4.78, 5) is 1.81. The van der Waals surface area contributed by atoms with Crippen molar-refractivity contribution in [3.63, 3.8) is 0 Å². The molecular weight excluding hydrogens is 135 g/mol. The summed E-state index contributed by atoms with van der Waals surface area (Å²) in [6.07, 6.45) is 1.92. The van der Waals surface area contributed by atoms with Gasteiger partial charge in [0.1, 0.15) is 0 Å². The fraction of sp³-hybridized carbons (Fsp3) is 0.333. The van der Waals surface area contributed by atoms with Crippen LogP contribution in [0.15, 0.2) is 11.1 Å². The van der Waals surface area contributed by atoms with E-state index in [-0.39, 0.29) is 4.70 Å². The van der Waals surface area contributed by atoms with Crippen LogP contribution >= 0.6 is 15.9 Å². The molecule has 0 unspecified atom stereocenters. The molecule has 0 bridgehead atoms. The van der Waals surface area contributed by atoms with Gasteiger partial charge in [-0.15, -0.1) is 0 Å². The molecule has 2 heteroatoms. The van der Waals surface area contributed by atoms with Gasteiger partial charge in [-0.3, -0.25) is 4.70 Å². The molecule has 0 spiro atoms. The molecule has 0 heterocycles. The van der Waals surface area contributed by atoms with Gasteiger partial charge in [-0.1, -0.05) is 22.0 Å². The topological polar surface area (TPSA) is 0 Å². The Morgan fingerprint density at radius 1 is 1.60 bits per heavy atom. The van der Waals surface area contributed by atoms with E-state index in [4.69, 9.17) is 0 Å². The lowest BCUT2D eigenvalue weighted by molar-refractivity contribution is 1.11. The molecule has 0 saturated heterocycles. The second-order valence-corrected chi connectivity index (χ2v) is 0.988. The van der Waals surface area contributed by atoms with Crippen LogP contribution in [0.4, 0.5) is 4.70 Å². The van der Waals surface area contributed by atoms with E-state index in [9.17, 15) is 0 Å². The highest BCUT2D eigenvalue weighted by Crippen LogP contribution is 1.76. The Labute approximate surface area is 39.4 Å². The standard InChI is InChI=1S/C3H5Br.FH/c1-2-3-4;/h2-3H,1H3;1H. The fourth-order valence-electron chi connectivity index (χ4n) is 0. The Morgan fingerprint density at radius 2 is 1.80 bits per heavy atom. The maximum atomic E-state index is 3.07. The first-order valence-electron chi connectivity index (χ1n) is 1.13. The summed E-state index contributed by atoms with van der Waals surface area (Å²) in [6, 6.07) is 0. The molecular formula is C3H6BrF. The maximum Gasteiger partial charge on any atom is -0.0232 e. The Hall–Kier alpha value is 0.150. The molecule has 0 radical (unpaired) electrons. The van der Waals surface area contributed by atoms with E-state index in [0.717, 1.165) is 0 Å². The highest BCUT2D eigenvalue weighted by atomic mass is 79.9. The highest BCUT2D eigenvalue weighted by molar-refractivity contribution is 9.11. The highest BCUT2D eigenvalue weighted by Gasteiger charge is 1.36. The second-order valence-electron chi connectivity index (χ2n) is 0.459. The van der Waals surface area contributed by atoms with Gasteiger partial charge in [-0.05, 0) is 11.9 Å². The van der Waals surface area contributed by atoms with E-state index < -0.39 is 0 Å². The molecule has 0 amide bonds. The van der Waals surface area contributed by atoms with Crippen LogP contribution in [0.3, 0.4) is 0 Å². The Bertz CT molecular complexity index is 22.1. The zero-order valence-electron chi connectivity index (χ0n) is 2.94. The second kappa shape index (κ2) is 8.91. The molecule has 0 rings (SSSR count). The van der Waals surface area contributed by atoms with Gasteiger partial charge < -0.3 is 0 Å². The average Bonchev–Trinajstić information content (AvgIpc) is 1.37. The van der Waals surface area contributed by atoms with Crippen LogP contribution in [-0.4, -0.2) is 0 Å². The van der Waals surface area contributed by atoms with Crippen molar-refractivity contribution in [1.82, 2.24) is 0 Å². The van der Waals surface area contributed by atoms with Crippen molar-refractivity contribution in [3.05, 3.63) is 11.1 Å². The Kier molecular flexibility index (Phi) is 15.9. The van der Waals surface area contributed by atoms with Crippen LogP contribution in [0.5, 0.6) is 0 Å². The van der Waals surface area contributed by atoms with Crippen LogP contribution in [-0.2, 0) is 0 Å². The van der Waals surface area contributed by atoms with Gasteiger partial charge in [0.2, 0.25) is 0 Å². The van der Waals surface area contributed by atoms with Crippen molar-refractivity contribution in [3.8, 4) is 0 Å². The first-order chi connectivity index (χ1) is 1.91. The number of allylic oxidation sites excluding steroid dienone is 1. The summed E-state index contributed by atoms with van der Waals surface area (Å²) < 4.78 is 0. The van der Waals surface area contributed by atoms with Crippen molar-refractivity contribution in [2.45, 2.75) is 6.92 Å². The summed E-state index contributed by atoms with van der Waals surface area (Å²) in [5, 5.41) is 0. The van der Waals surface area contributed by atoms with Crippen LogP contribution in [0.1, 0.15) is 6.92 Å². The van der Waals surface area contributed by atoms with E-state index in [1.165, 1.54) is 0 Å². The van der Waals surface area contributed by atoms with E-state index in [1.807, 2.05) is 18.0 Å². The quantitative estimate of drug-likeness (QED) is 0.484. The van der Waals surface area contributed by atoms with Crippen molar-refractivity contribution in [1.29, 1.82) is 0 Å². The molecule has 0 aromatic rings. The molecule has 0 aliphatic carbocycles. The van der Waals surface area contributed by atoms with Gasteiger partial charge in [-0.2, -0.15) is 0 Å². The fourth-order valence-corrected chi connectivity index (χ4v) is 0. The van der Waals surface area contributed by atoms with E-state index in [2.05, 4.69) is 15.9 Å². The van der Waals surface area contributed by atoms with Crippen LogP contribution < -0.4 is 0 Å². The average molecular weight is 141 g/mol. The molecule has 0 aromatic carbocycles. The molecule has 0 aliphatic heterocycles. The molecule has 0 aliphatic rings. The van der Waals surface area contributed by atoms with E-state index >= 15 is 0 Å². The Balaban J connectivity index is 0. The van der Waals surface area contributed by atoms with Crippen molar-refractivity contribution < 1.29 is 4.70 Å². The maximum absolute atomic E-state index is 3.07. The molecule has 0 nitrogen and oxygen atoms in total. The van der Waals surface area contributed by atoms with Crippen molar-refractivity contribution in [2.75, 3.05) is 0 Å². The Morgan fingerprint density at radius 3 is 1.80 bits per heavy atom. The number of halogens is 2. The zero-order chi connectivity index (χ0) is 3.41. The lowest BCUT2D eigenvalue weighted by Crippen LogP contribution is -1.19. The SMILES string of the molecule is CC=CBr.F. The summed E-state index contributed by atoms with van der Waals surface area (Å²) in [7, 11) is 0. The third-order valence-corrected chi connectivity index (χ3v) is 0.655. The first kappa shape index (κ1) is 8.94. The minimum atomic E-state index is 0. The molecule has 32 valence electrons. The van der Waals surface area contributed by atoms with E-state index in [0.29, 0.717) is 0 Å². The molecule has 0 N–H and O–H groups in total. The van der Waals surface area contributed by atoms with Crippen LogP contribution in [0, 0.1) is 0 Å². The minimum Gasteiger partial charge on any atom is -0.269 e. The summed E-state index contributed by atoms with van der Waals surface area (Å²) in [5.41, 5.74) is 0. The monoisotopic (exact) mass is 140 g/mol. The number of rotatable bonds is 0. The minimum absolute atomic E-state index is 0. The molecule has 0 saturated carbocycles. The van der Waals surface area contributed by atoms with Gasteiger partial charge in [0.15, 0.2) is 0 Å². The van der Waals surface area contributed by atoms with Gasteiger partial charge in [0.05, 0.1) is 0 Å². The van der Waals surface area contributed by atoms with E-state index in [1.54, 1.807) is 0 Å². The zero-order valence-corrected chi connectivity index (χ0v) is 4.53. The predicted molar refractivity (Wildman–Crippen MR) is 26.2 cm³/mol. The lowest BCUT2D eigenvalue weighted by Gasteiger charge is -1.47. The molecule has 0 aromatic heterocycles. The normalized spacial score (nSPS) is 7.60. The van der Waals surface area contributed by atoms with Crippen LogP contribution in [0.2, 0.25) is 0 Å². The van der Waals surface area contributed by atoms with Gasteiger partial charge in [-0.25, -0.2) is 0 Å². The molecule has 0 fully saturated rings. The first-order valence-corrected chi connectivity index (χ1v) is 2.04.